The number of likely N-dealkylation sites (N-methyl/N-ethyl adjacent to an activating group) is 1. The van der Waals surface area contributed by atoms with Crippen molar-refractivity contribution in [2.75, 3.05) is 45.7 Å². The van der Waals surface area contributed by atoms with Gasteiger partial charge >= 0.3 is 6.03 Å². The molecule has 98 valence electrons. The third-order valence-electron chi connectivity index (χ3n) is 3.13. The predicted octanol–water partition coefficient (Wildman–Crippen LogP) is 1.47. The van der Waals surface area contributed by atoms with E-state index in [0.29, 0.717) is 0 Å². The number of hydrogen-bond acceptors (Lipinski definition) is 3. The smallest absolute Gasteiger partial charge is 0.321 e. The fraction of sp³-hybridized carbons (Fsp3) is 0.462. The van der Waals surface area contributed by atoms with Crippen LogP contribution in [0.15, 0.2) is 24.3 Å². The number of hydrogen-bond donors (Lipinski definition) is 1. The molecule has 18 heavy (non-hydrogen) atoms. The second-order valence-electron chi connectivity index (χ2n) is 4.45. The van der Waals surface area contributed by atoms with Gasteiger partial charge in [0.25, 0.3) is 0 Å². The van der Waals surface area contributed by atoms with Gasteiger partial charge < -0.3 is 19.9 Å². The summed E-state index contributed by atoms with van der Waals surface area (Å²) in [6, 6.07) is 7.31. The van der Waals surface area contributed by atoms with Gasteiger partial charge in [-0.05, 0) is 31.3 Å². The molecule has 1 aromatic rings. The van der Waals surface area contributed by atoms with Crippen molar-refractivity contribution < 1.29 is 9.53 Å². The molecule has 1 aromatic carbocycles. The Kier molecular flexibility index (Phi) is 4.04. The predicted molar refractivity (Wildman–Crippen MR) is 71.1 cm³/mol. The first-order valence-corrected chi connectivity index (χ1v) is 6.07. The van der Waals surface area contributed by atoms with Gasteiger partial charge in [0, 0.05) is 31.9 Å². The fourth-order valence-electron chi connectivity index (χ4n) is 1.89. The van der Waals surface area contributed by atoms with Crippen LogP contribution in [0.4, 0.5) is 10.5 Å². The quantitative estimate of drug-likeness (QED) is 0.863. The number of methoxy groups -OCH3 is 1. The van der Waals surface area contributed by atoms with E-state index >= 15 is 0 Å². The summed E-state index contributed by atoms with van der Waals surface area (Å²) < 4.78 is 5.07. The summed E-state index contributed by atoms with van der Waals surface area (Å²) in [6.45, 7) is 3.41. The van der Waals surface area contributed by atoms with E-state index in [0.717, 1.165) is 37.6 Å². The number of piperazine rings is 1. The van der Waals surface area contributed by atoms with Gasteiger partial charge in [0.15, 0.2) is 0 Å². The maximum Gasteiger partial charge on any atom is 0.321 e. The topological polar surface area (TPSA) is 44.8 Å². The molecule has 0 unspecified atom stereocenters. The van der Waals surface area contributed by atoms with E-state index in [1.165, 1.54) is 0 Å². The summed E-state index contributed by atoms with van der Waals surface area (Å²) in [7, 11) is 3.69. The number of rotatable bonds is 2. The van der Waals surface area contributed by atoms with E-state index in [1.807, 2.05) is 29.2 Å². The van der Waals surface area contributed by atoms with Crippen LogP contribution in [0.3, 0.4) is 0 Å². The van der Waals surface area contributed by atoms with E-state index in [-0.39, 0.29) is 6.03 Å². The standard InChI is InChI=1S/C13H19N3O2/c1-15-7-9-16(10-8-15)13(17)14-11-3-5-12(18-2)6-4-11/h3-6H,7-10H2,1-2H3,(H,14,17). The highest BCUT2D eigenvalue weighted by Crippen LogP contribution is 2.15. The number of carbonyl (C=O) groups excluding carboxylic acids is 1. The minimum Gasteiger partial charge on any atom is -0.497 e. The first-order valence-electron chi connectivity index (χ1n) is 6.07. The van der Waals surface area contributed by atoms with Crippen molar-refractivity contribution in [3.8, 4) is 5.75 Å². The average Bonchev–Trinajstić information content (AvgIpc) is 2.40. The van der Waals surface area contributed by atoms with E-state index < -0.39 is 0 Å². The number of nitrogens with zero attached hydrogens (tertiary/aromatic N) is 2. The molecular weight excluding hydrogens is 230 g/mol. The van der Waals surface area contributed by atoms with Crippen LogP contribution >= 0.6 is 0 Å². The maximum atomic E-state index is 12.0. The number of anilines is 1. The Morgan fingerprint density at radius 1 is 1.17 bits per heavy atom. The van der Waals surface area contributed by atoms with Gasteiger partial charge in [0.1, 0.15) is 5.75 Å². The summed E-state index contributed by atoms with van der Waals surface area (Å²) in [5, 5.41) is 2.89. The third kappa shape index (κ3) is 3.13. The first kappa shape index (κ1) is 12.7. The zero-order valence-corrected chi connectivity index (χ0v) is 10.8. The zero-order chi connectivity index (χ0) is 13.0. The molecule has 0 aliphatic carbocycles. The summed E-state index contributed by atoms with van der Waals surface area (Å²) >= 11 is 0. The van der Waals surface area contributed by atoms with E-state index in [1.54, 1.807) is 7.11 Å². The molecule has 0 radical (unpaired) electrons. The van der Waals surface area contributed by atoms with Crippen molar-refractivity contribution in [2.45, 2.75) is 0 Å². The summed E-state index contributed by atoms with van der Waals surface area (Å²) in [5.41, 5.74) is 0.791. The van der Waals surface area contributed by atoms with Gasteiger partial charge in [-0.3, -0.25) is 0 Å². The average molecular weight is 249 g/mol. The molecule has 0 saturated carbocycles. The molecule has 0 spiro atoms. The van der Waals surface area contributed by atoms with E-state index in [2.05, 4.69) is 17.3 Å². The molecule has 0 bridgehead atoms. The van der Waals surface area contributed by atoms with Crippen molar-refractivity contribution in [1.82, 2.24) is 9.80 Å². The molecule has 2 amide bonds. The number of urea groups is 1. The van der Waals surface area contributed by atoms with Gasteiger partial charge in [-0.25, -0.2) is 4.79 Å². The summed E-state index contributed by atoms with van der Waals surface area (Å²) in [5.74, 6) is 0.785. The van der Waals surface area contributed by atoms with Crippen molar-refractivity contribution in [3.63, 3.8) is 0 Å². The lowest BCUT2D eigenvalue weighted by molar-refractivity contribution is 0.164. The van der Waals surface area contributed by atoms with Crippen LogP contribution in [-0.4, -0.2) is 56.2 Å². The SMILES string of the molecule is COc1ccc(NC(=O)N2CCN(C)CC2)cc1. The highest BCUT2D eigenvalue weighted by atomic mass is 16.5. The molecule has 1 fully saturated rings. The molecule has 1 aliphatic heterocycles. The molecule has 1 heterocycles. The highest BCUT2D eigenvalue weighted by molar-refractivity contribution is 5.89. The van der Waals surface area contributed by atoms with Crippen molar-refractivity contribution in [2.24, 2.45) is 0 Å². The lowest BCUT2D eigenvalue weighted by Crippen LogP contribution is -2.48. The van der Waals surface area contributed by atoms with Crippen LogP contribution < -0.4 is 10.1 Å². The number of amides is 2. The Bertz CT molecular complexity index is 397. The minimum atomic E-state index is -0.0340. The number of nitrogens with one attached hydrogen (secondary N) is 1. The van der Waals surface area contributed by atoms with Gasteiger partial charge in [0.2, 0.25) is 0 Å². The summed E-state index contributed by atoms with van der Waals surface area (Å²) in [4.78, 5) is 16.1. The molecule has 1 N–H and O–H groups in total. The number of benzene rings is 1. The van der Waals surface area contributed by atoms with Crippen LogP contribution in [-0.2, 0) is 0 Å². The molecule has 1 saturated heterocycles. The number of carbonyl (C=O) groups is 1. The number of ether oxygens (including phenoxy) is 1. The molecule has 1 aliphatic rings. The molecule has 0 aromatic heterocycles. The van der Waals surface area contributed by atoms with E-state index in [9.17, 15) is 4.79 Å². The second kappa shape index (κ2) is 5.73. The Balaban J connectivity index is 1.90. The largest absolute Gasteiger partial charge is 0.497 e. The van der Waals surface area contributed by atoms with Crippen LogP contribution in [0.25, 0.3) is 0 Å². The maximum absolute atomic E-state index is 12.0. The van der Waals surface area contributed by atoms with Crippen LogP contribution in [0, 0.1) is 0 Å². The monoisotopic (exact) mass is 249 g/mol. The van der Waals surface area contributed by atoms with Gasteiger partial charge in [-0.2, -0.15) is 0 Å². The molecule has 2 rings (SSSR count). The lowest BCUT2D eigenvalue weighted by atomic mass is 10.3. The Hall–Kier alpha value is -1.75. The lowest BCUT2D eigenvalue weighted by Gasteiger charge is -2.32. The second-order valence-corrected chi connectivity index (χ2v) is 4.45. The molecule has 0 atom stereocenters. The van der Waals surface area contributed by atoms with Gasteiger partial charge in [-0.15, -0.1) is 0 Å². The highest BCUT2D eigenvalue weighted by Gasteiger charge is 2.18. The Morgan fingerprint density at radius 3 is 2.33 bits per heavy atom. The minimum absolute atomic E-state index is 0.0340. The van der Waals surface area contributed by atoms with Gasteiger partial charge in [0.05, 0.1) is 7.11 Å². The molecule has 5 nitrogen and oxygen atoms in total. The van der Waals surface area contributed by atoms with Gasteiger partial charge in [-0.1, -0.05) is 0 Å². The molecular formula is C13H19N3O2. The Morgan fingerprint density at radius 2 is 1.78 bits per heavy atom. The normalized spacial score (nSPS) is 16.4. The zero-order valence-electron chi connectivity index (χ0n) is 10.8. The first-order chi connectivity index (χ1) is 8.69. The fourth-order valence-corrected chi connectivity index (χ4v) is 1.89. The third-order valence-corrected chi connectivity index (χ3v) is 3.13. The van der Waals surface area contributed by atoms with E-state index in [4.69, 9.17) is 4.74 Å². The van der Waals surface area contributed by atoms with Crippen molar-refractivity contribution >= 4 is 11.7 Å². The summed E-state index contributed by atoms with van der Waals surface area (Å²) in [6.07, 6.45) is 0. The van der Waals surface area contributed by atoms with Crippen molar-refractivity contribution in [1.29, 1.82) is 0 Å². The molecule has 5 heteroatoms. The Labute approximate surface area is 107 Å². The van der Waals surface area contributed by atoms with Crippen LogP contribution in [0.5, 0.6) is 5.75 Å². The van der Waals surface area contributed by atoms with Crippen LogP contribution in [0.2, 0.25) is 0 Å². The van der Waals surface area contributed by atoms with Crippen molar-refractivity contribution in [3.05, 3.63) is 24.3 Å². The van der Waals surface area contributed by atoms with Crippen LogP contribution in [0.1, 0.15) is 0 Å².